The van der Waals surface area contributed by atoms with Gasteiger partial charge in [-0.25, -0.2) is 9.78 Å². The number of aromatic nitrogens is 2. The van der Waals surface area contributed by atoms with Crippen LogP contribution in [0.2, 0.25) is 0 Å². The normalized spacial score (nSPS) is 11.8. The lowest BCUT2D eigenvalue weighted by atomic mass is 10.1. The second-order valence-electron chi connectivity index (χ2n) is 5.78. The summed E-state index contributed by atoms with van der Waals surface area (Å²) < 4.78 is 7.40. The zero-order chi connectivity index (χ0) is 15.0. The lowest BCUT2D eigenvalue weighted by Gasteiger charge is -2.19. The topological polar surface area (TPSA) is 43.6 Å². The molecule has 0 unspecified atom stereocenters. The summed E-state index contributed by atoms with van der Waals surface area (Å²) in [6, 6.07) is 5.80. The average Bonchev–Trinajstić information content (AvgIpc) is 3.04. The van der Waals surface area contributed by atoms with Crippen LogP contribution in [-0.4, -0.2) is 21.0 Å². The molecule has 3 aromatic rings. The number of esters is 1. The van der Waals surface area contributed by atoms with Gasteiger partial charge in [0.2, 0.25) is 0 Å². The highest BCUT2D eigenvalue weighted by Gasteiger charge is 2.22. The van der Waals surface area contributed by atoms with E-state index in [1.807, 2.05) is 61.1 Å². The molecule has 3 aromatic heterocycles. The smallest absolute Gasteiger partial charge is 0.349 e. The van der Waals surface area contributed by atoms with E-state index < -0.39 is 5.60 Å². The van der Waals surface area contributed by atoms with E-state index in [0.29, 0.717) is 4.88 Å². The van der Waals surface area contributed by atoms with Crippen LogP contribution in [0.4, 0.5) is 0 Å². The van der Waals surface area contributed by atoms with E-state index >= 15 is 0 Å². The Morgan fingerprint density at radius 3 is 2.90 bits per heavy atom. The predicted molar refractivity (Wildman–Crippen MR) is 83.7 cm³/mol. The fourth-order valence-electron chi connectivity index (χ4n) is 2.08. The molecule has 4 nitrogen and oxygen atoms in total. The van der Waals surface area contributed by atoms with Gasteiger partial charge < -0.3 is 9.14 Å². The molecule has 21 heavy (non-hydrogen) atoms. The van der Waals surface area contributed by atoms with Crippen LogP contribution in [0.5, 0.6) is 0 Å². The molecule has 0 radical (unpaired) electrons. The summed E-state index contributed by atoms with van der Waals surface area (Å²) in [6.07, 6.45) is 5.69. The molecule has 5 heteroatoms. The van der Waals surface area contributed by atoms with Crippen molar-refractivity contribution < 1.29 is 9.53 Å². The third-order valence-corrected chi connectivity index (χ3v) is 3.83. The molecule has 3 heterocycles. The molecule has 0 aromatic carbocycles. The lowest BCUT2D eigenvalue weighted by molar-refractivity contribution is 0.00761. The van der Waals surface area contributed by atoms with E-state index in [1.54, 1.807) is 6.20 Å². The summed E-state index contributed by atoms with van der Waals surface area (Å²) in [5.74, 6) is -0.292. The lowest BCUT2D eigenvalue weighted by Crippen LogP contribution is -2.23. The number of carbonyl (C=O) groups is 1. The molecular weight excluding hydrogens is 284 g/mol. The molecule has 0 amide bonds. The molecule has 0 bridgehead atoms. The van der Waals surface area contributed by atoms with Crippen molar-refractivity contribution in [2.24, 2.45) is 0 Å². The molecule has 0 spiro atoms. The van der Waals surface area contributed by atoms with Crippen molar-refractivity contribution in [1.29, 1.82) is 0 Å². The van der Waals surface area contributed by atoms with Crippen molar-refractivity contribution in [2.75, 3.05) is 0 Å². The van der Waals surface area contributed by atoms with E-state index in [9.17, 15) is 4.79 Å². The SMILES string of the molecule is CC(C)(C)OC(=O)c1sccc1-c1cnc2cccn2c1. The summed E-state index contributed by atoms with van der Waals surface area (Å²) in [5, 5.41) is 1.90. The molecule has 0 fully saturated rings. The summed E-state index contributed by atoms with van der Waals surface area (Å²) in [6.45, 7) is 5.60. The Morgan fingerprint density at radius 1 is 1.33 bits per heavy atom. The first-order valence-corrected chi connectivity index (χ1v) is 7.56. The number of carbonyl (C=O) groups excluding carboxylic acids is 1. The fraction of sp³-hybridized carbons (Fsp3) is 0.250. The van der Waals surface area contributed by atoms with Gasteiger partial charge in [0.05, 0.1) is 0 Å². The Balaban J connectivity index is 2.00. The number of fused-ring (bicyclic) bond motifs is 1. The molecule has 0 aliphatic heterocycles. The molecule has 0 N–H and O–H groups in total. The van der Waals surface area contributed by atoms with Crippen molar-refractivity contribution in [3.05, 3.63) is 47.0 Å². The van der Waals surface area contributed by atoms with Gasteiger partial charge in [-0.1, -0.05) is 0 Å². The van der Waals surface area contributed by atoms with Crippen LogP contribution in [0, 0.1) is 0 Å². The first-order valence-electron chi connectivity index (χ1n) is 6.68. The predicted octanol–water partition coefficient (Wildman–Crippen LogP) is 4.02. The van der Waals surface area contributed by atoms with Gasteiger partial charge in [-0.15, -0.1) is 11.3 Å². The second-order valence-corrected chi connectivity index (χ2v) is 6.70. The first kappa shape index (κ1) is 13.8. The molecule has 0 aliphatic carbocycles. The third-order valence-electron chi connectivity index (χ3n) is 2.93. The number of thiophene rings is 1. The fourth-order valence-corrected chi connectivity index (χ4v) is 2.87. The van der Waals surface area contributed by atoms with Gasteiger partial charge in [0.25, 0.3) is 0 Å². The minimum atomic E-state index is -0.499. The van der Waals surface area contributed by atoms with Crippen LogP contribution >= 0.6 is 11.3 Å². The molecule has 0 saturated carbocycles. The van der Waals surface area contributed by atoms with E-state index in [2.05, 4.69) is 4.98 Å². The number of rotatable bonds is 2. The molecular formula is C16H16N2O2S. The molecule has 108 valence electrons. The maximum absolute atomic E-state index is 12.3. The number of nitrogens with zero attached hydrogens (tertiary/aromatic N) is 2. The number of hydrogen-bond donors (Lipinski definition) is 0. The van der Waals surface area contributed by atoms with Crippen LogP contribution in [0.15, 0.2) is 42.2 Å². The van der Waals surface area contributed by atoms with Crippen molar-refractivity contribution in [1.82, 2.24) is 9.38 Å². The molecule has 0 aliphatic rings. The monoisotopic (exact) mass is 300 g/mol. The molecule has 0 saturated heterocycles. The van der Waals surface area contributed by atoms with Crippen molar-refractivity contribution >= 4 is 23.0 Å². The Morgan fingerprint density at radius 2 is 2.14 bits per heavy atom. The summed E-state index contributed by atoms with van der Waals surface area (Å²) in [7, 11) is 0. The van der Waals surface area contributed by atoms with Gasteiger partial charge in [0, 0.05) is 29.7 Å². The van der Waals surface area contributed by atoms with Gasteiger partial charge in [-0.2, -0.15) is 0 Å². The van der Waals surface area contributed by atoms with Crippen LogP contribution in [0.3, 0.4) is 0 Å². The van der Waals surface area contributed by atoms with Gasteiger partial charge >= 0.3 is 5.97 Å². The van der Waals surface area contributed by atoms with Crippen LogP contribution in [0.25, 0.3) is 16.8 Å². The van der Waals surface area contributed by atoms with Crippen molar-refractivity contribution in [3.63, 3.8) is 0 Å². The second kappa shape index (κ2) is 5.00. The molecule has 3 rings (SSSR count). The summed E-state index contributed by atoms with van der Waals surface area (Å²) in [4.78, 5) is 17.3. The highest BCUT2D eigenvalue weighted by atomic mass is 32.1. The Kier molecular flexibility index (Phi) is 3.29. The van der Waals surface area contributed by atoms with Crippen LogP contribution in [-0.2, 0) is 4.74 Å². The quantitative estimate of drug-likeness (QED) is 0.671. The van der Waals surface area contributed by atoms with Crippen LogP contribution in [0.1, 0.15) is 30.4 Å². The zero-order valence-corrected chi connectivity index (χ0v) is 13.0. The number of hydrogen-bond acceptors (Lipinski definition) is 4. The van der Waals surface area contributed by atoms with Gasteiger partial charge in [0.15, 0.2) is 0 Å². The zero-order valence-electron chi connectivity index (χ0n) is 12.2. The Hall–Kier alpha value is -2.14. The summed E-state index contributed by atoms with van der Waals surface area (Å²) in [5.41, 5.74) is 2.15. The van der Waals surface area contributed by atoms with E-state index in [0.717, 1.165) is 16.8 Å². The summed E-state index contributed by atoms with van der Waals surface area (Å²) >= 11 is 1.39. The minimum absolute atomic E-state index is 0.292. The van der Waals surface area contributed by atoms with E-state index in [-0.39, 0.29) is 5.97 Å². The maximum atomic E-state index is 12.3. The number of ether oxygens (including phenoxy) is 1. The van der Waals surface area contributed by atoms with Crippen LogP contribution < -0.4 is 0 Å². The Labute approximate surface area is 127 Å². The largest absolute Gasteiger partial charge is 0.456 e. The standard InChI is InChI=1S/C16H16N2O2S/c1-16(2,3)20-15(19)14-12(6-8-21-14)11-9-17-13-5-4-7-18(13)10-11/h4-10H,1-3H3. The molecule has 0 atom stereocenters. The minimum Gasteiger partial charge on any atom is -0.456 e. The van der Waals surface area contributed by atoms with E-state index in [4.69, 9.17) is 4.74 Å². The highest BCUT2D eigenvalue weighted by molar-refractivity contribution is 7.12. The van der Waals surface area contributed by atoms with Gasteiger partial charge in [0.1, 0.15) is 16.1 Å². The van der Waals surface area contributed by atoms with Crippen molar-refractivity contribution in [3.8, 4) is 11.1 Å². The van der Waals surface area contributed by atoms with Gasteiger partial charge in [-0.3, -0.25) is 0 Å². The maximum Gasteiger partial charge on any atom is 0.349 e. The third kappa shape index (κ3) is 2.83. The highest BCUT2D eigenvalue weighted by Crippen LogP contribution is 2.29. The van der Waals surface area contributed by atoms with E-state index in [1.165, 1.54) is 11.3 Å². The Bertz CT molecular complexity index is 796. The van der Waals surface area contributed by atoms with Crippen molar-refractivity contribution in [2.45, 2.75) is 26.4 Å². The first-order chi connectivity index (χ1) is 9.94. The van der Waals surface area contributed by atoms with Gasteiger partial charge in [-0.05, 0) is 44.4 Å². The average molecular weight is 300 g/mol.